The molecule has 0 amide bonds. The van der Waals surface area contributed by atoms with Gasteiger partial charge in [-0.1, -0.05) is 6.42 Å². The number of fused-ring (bicyclic) bond motifs is 1. The molecule has 1 aromatic rings. The van der Waals surface area contributed by atoms with Gasteiger partial charge in [-0.3, -0.25) is 15.0 Å². The normalized spacial score (nSPS) is 26.1. The second-order valence-corrected chi connectivity index (χ2v) is 6.06. The first-order chi connectivity index (χ1) is 10.2. The Morgan fingerprint density at radius 3 is 2.67 bits per heavy atom. The molecule has 114 valence electrons. The molecule has 5 heteroatoms. The number of benzene rings is 1. The third-order valence-electron chi connectivity index (χ3n) is 4.74. The quantitative estimate of drug-likeness (QED) is 0.631. The lowest BCUT2D eigenvalue weighted by Crippen LogP contribution is -2.49. The Balaban J connectivity index is 1.57. The van der Waals surface area contributed by atoms with E-state index < -0.39 is 0 Å². The number of piperidine rings is 2. The molecule has 0 aliphatic carbocycles. The summed E-state index contributed by atoms with van der Waals surface area (Å²) in [5.41, 5.74) is 0.110. The maximum atomic E-state index is 10.6. The van der Waals surface area contributed by atoms with Crippen LogP contribution in [0.3, 0.4) is 0 Å². The second kappa shape index (κ2) is 6.43. The Morgan fingerprint density at radius 1 is 1.14 bits per heavy atom. The molecule has 2 aliphatic rings. The fraction of sp³-hybridized carbons (Fsp3) is 0.625. The first-order valence-electron chi connectivity index (χ1n) is 7.85. The van der Waals surface area contributed by atoms with Crippen LogP contribution in [0.5, 0.6) is 5.75 Å². The molecular formula is C16H22N2O3. The molecule has 5 nitrogen and oxygen atoms in total. The molecule has 0 bridgehead atoms. The minimum absolute atomic E-state index is 0.110. The van der Waals surface area contributed by atoms with Gasteiger partial charge < -0.3 is 4.74 Å². The number of nitro benzene ring substituents is 1. The van der Waals surface area contributed by atoms with E-state index in [1.54, 1.807) is 12.1 Å². The van der Waals surface area contributed by atoms with Gasteiger partial charge in [-0.05, 0) is 50.9 Å². The summed E-state index contributed by atoms with van der Waals surface area (Å²) in [7, 11) is 0. The molecule has 0 aromatic heterocycles. The molecule has 21 heavy (non-hydrogen) atoms. The molecule has 0 N–H and O–H groups in total. The van der Waals surface area contributed by atoms with Gasteiger partial charge in [-0.15, -0.1) is 0 Å². The number of hydrogen-bond donors (Lipinski definition) is 0. The number of ether oxygens (including phenoxy) is 1. The third kappa shape index (κ3) is 3.35. The Kier molecular flexibility index (Phi) is 4.39. The molecule has 2 fully saturated rings. The molecule has 2 heterocycles. The largest absolute Gasteiger partial charge is 0.493 e. The summed E-state index contributed by atoms with van der Waals surface area (Å²) in [6.45, 7) is 3.19. The summed E-state index contributed by atoms with van der Waals surface area (Å²) in [6.07, 6.45) is 6.43. The first-order valence-corrected chi connectivity index (χ1v) is 7.85. The highest BCUT2D eigenvalue weighted by molar-refractivity contribution is 5.35. The predicted octanol–water partition coefficient (Wildman–Crippen LogP) is 3.24. The van der Waals surface area contributed by atoms with Crippen molar-refractivity contribution in [1.29, 1.82) is 0 Å². The molecule has 0 unspecified atom stereocenters. The zero-order valence-corrected chi connectivity index (χ0v) is 12.2. The molecule has 2 saturated heterocycles. The van der Waals surface area contributed by atoms with Crippen LogP contribution in [0.25, 0.3) is 0 Å². The summed E-state index contributed by atoms with van der Waals surface area (Å²) >= 11 is 0. The minimum Gasteiger partial charge on any atom is -0.493 e. The van der Waals surface area contributed by atoms with Crippen molar-refractivity contribution < 1.29 is 9.66 Å². The van der Waals surface area contributed by atoms with E-state index in [1.807, 2.05) is 0 Å². The number of nitro groups is 1. The Labute approximate surface area is 125 Å². The van der Waals surface area contributed by atoms with Gasteiger partial charge in [0.2, 0.25) is 0 Å². The summed E-state index contributed by atoms with van der Waals surface area (Å²) in [5, 5.41) is 10.6. The van der Waals surface area contributed by atoms with Gasteiger partial charge in [0.25, 0.3) is 5.69 Å². The molecule has 1 aromatic carbocycles. The highest BCUT2D eigenvalue weighted by Crippen LogP contribution is 2.31. The molecular weight excluding hydrogens is 268 g/mol. The van der Waals surface area contributed by atoms with Gasteiger partial charge in [0.1, 0.15) is 5.75 Å². The van der Waals surface area contributed by atoms with E-state index in [-0.39, 0.29) is 10.6 Å². The van der Waals surface area contributed by atoms with Crippen LogP contribution in [-0.2, 0) is 0 Å². The molecule has 2 atom stereocenters. The van der Waals surface area contributed by atoms with Crippen molar-refractivity contribution in [2.24, 2.45) is 5.92 Å². The Morgan fingerprint density at radius 2 is 1.90 bits per heavy atom. The van der Waals surface area contributed by atoms with E-state index >= 15 is 0 Å². The Hall–Kier alpha value is -1.62. The van der Waals surface area contributed by atoms with Crippen LogP contribution in [0.2, 0.25) is 0 Å². The van der Waals surface area contributed by atoms with E-state index in [0.717, 1.165) is 12.4 Å². The van der Waals surface area contributed by atoms with Crippen LogP contribution in [-0.4, -0.2) is 35.6 Å². The lowest BCUT2D eigenvalue weighted by atomic mass is 9.84. The SMILES string of the molecule is O=[N+]([O-])c1ccc(OC[C@@H]2CCCN3CCCC[C@H]23)cc1. The monoisotopic (exact) mass is 290 g/mol. The van der Waals surface area contributed by atoms with Crippen molar-refractivity contribution in [1.82, 2.24) is 4.90 Å². The molecule has 2 aliphatic heterocycles. The third-order valence-corrected chi connectivity index (χ3v) is 4.74. The van der Waals surface area contributed by atoms with E-state index in [2.05, 4.69) is 4.90 Å². The van der Waals surface area contributed by atoms with E-state index in [0.29, 0.717) is 12.0 Å². The average molecular weight is 290 g/mol. The van der Waals surface area contributed by atoms with Crippen molar-refractivity contribution in [2.45, 2.75) is 38.1 Å². The standard InChI is InChI=1S/C16H22N2O3/c19-18(20)14-6-8-15(9-7-14)21-12-13-4-3-11-17-10-2-1-5-16(13)17/h6-9,13,16H,1-5,10-12H2/t13-,16+/m0/s1. The number of non-ortho nitro benzene ring substituents is 1. The van der Waals surface area contributed by atoms with Crippen molar-refractivity contribution in [2.75, 3.05) is 19.7 Å². The van der Waals surface area contributed by atoms with Gasteiger partial charge in [0.15, 0.2) is 0 Å². The molecule has 0 spiro atoms. The van der Waals surface area contributed by atoms with Crippen molar-refractivity contribution in [3.63, 3.8) is 0 Å². The maximum Gasteiger partial charge on any atom is 0.269 e. The van der Waals surface area contributed by atoms with E-state index in [1.165, 1.54) is 57.3 Å². The minimum atomic E-state index is -0.384. The topological polar surface area (TPSA) is 55.6 Å². The van der Waals surface area contributed by atoms with Crippen molar-refractivity contribution >= 4 is 5.69 Å². The van der Waals surface area contributed by atoms with Gasteiger partial charge >= 0.3 is 0 Å². The fourth-order valence-corrected chi connectivity index (χ4v) is 3.64. The summed E-state index contributed by atoms with van der Waals surface area (Å²) < 4.78 is 5.88. The average Bonchev–Trinajstić information content (AvgIpc) is 2.53. The predicted molar refractivity (Wildman–Crippen MR) is 80.5 cm³/mol. The van der Waals surface area contributed by atoms with Gasteiger partial charge in [-0.25, -0.2) is 0 Å². The second-order valence-electron chi connectivity index (χ2n) is 6.06. The Bertz CT molecular complexity index is 487. The highest BCUT2D eigenvalue weighted by Gasteiger charge is 2.33. The van der Waals surface area contributed by atoms with Crippen LogP contribution in [0.4, 0.5) is 5.69 Å². The van der Waals surface area contributed by atoms with Gasteiger partial charge in [0.05, 0.1) is 11.5 Å². The summed E-state index contributed by atoms with van der Waals surface area (Å²) in [5.74, 6) is 1.32. The van der Waals surface area contributed by atoms with Crippen molar-refractivity contribution in [3.05, 3.63) is 34.4 Å². The van der Waals surface area contributed by atoms with Gasteiger partial charge in [0, 0.05) is 24.1 Å². The highest BCUT2D eigenvalue weighted by atomic mass is 16.6. The maximum absolute atomic E-state index is 10.6. The molecule has 0 radical (unpaired) electrons. The summed E-state index contributed by atoms with van der Waals surface area (Å²) in [6, 6.07) is 7.07. The zero-order valence-electron chi connectivity index (χ0n) is 12.2. The van der Waals surface area contributed by atoms with Crippen LogP contribution >= 0.6 is 0 Å². The van der Waals surface area contributed by atoms with Crippen molar-refractivity contribution in [3.8, 4) is 5.75 Å². The van der Waals surface area contributed by atoms with Crippen LogP contribution in [0.15, 0.2) is 24.3 Å². The van der Waals surface area contributed by atoms with E-state index in [4.69, 9.17) is 4.74 Å². The van der Waals surface area contributed by atoms with Crippen LogP contribution in [0.1, 0.15) is 32.1 Å². The number of nitrogens with zero attached hydrogens (tertiary/aromatic N) is 2. The molecule has 0 saturated carbocycles. The van der Waals surface area contributed by atoms with Gasteiger partial charge in [-0.2, -0.15) is 0 Å². The lowest BCUT2D eigenvalue weighted by molar-refractivity contribution is -0.384. The lowest BCUT2D eigenvalue weighted by Gasteiger charge is -2.44. The number of hydrogen-bond acceptors (Lipinski definition) is 4. The molecule has 3 rings (SSSR count). The fourth-order valence-electron chi connectivity index (χ4n) is 3.64. The summed E-state index contributed by atoms with van der Waals surface area (Å²) in [4.78, 5) is 12.9. The zero-order chi connectivity index (χ0) is 14.7. The van der Waals surface area contributed by atoms with Crippen LogP contribution in [0, 0.1) is 16.0 Å². The van der Waals surface area contributed by atoms with E-state index in [9.17, 15) is 10.1 Å². The van der Waals surface area contributed by atoms with Crippen LogP contribution < -0.4 is 4.74 Å². The number of rotatable bonds is 4. The first kappa shape index (κ1) is 14.3. The smallest absolute Gasteiger partial charge is 0.269 e.